The summed E-state index contributed by atoms with van der Waals surface area (Å²) in [7, 11) is 1.40. The fraction of sp³-hybridized carbons (Fsp3) is 0.385. The molecule has 2 aromatic rings. The van der Waals surface area contributed by atoms with Gasteiger partial charge in [0.05, 0.1) is 0 Å². The van der Waals surface area contributed by atoms with Crippen LogP contribution in [0.15, 0.2) is 23.7 Å². The Hall–Kier alpha value is -2.03. The zero-order chi connectivity index (χ0) is 16.2. The molecule has 0 fully saturated rings. The molecule has 0 saturated carbocycles. The van der Waals surface area contributed by atoms with E-state index in [1.165, 1.54) is 13.2 Å². The third-order valence-electron chi connectivity index (χ3n) is 2.85. The fourth-order valence-corrected chi connectivity index (χ4v) is 2.61. The number of aromatic nitrogens is 2. The lowest BCUT2D eigenvalue weighted by molar-refractivity contribution is -0.142. The van der Waals surface area contributed by atoms with Gasteiger partial charge < -0.3 is 10.6 Å². The molecule has 0 aliphatic carbocycles. The summed E-state index contributed by atoms with van der Waals surface area (Å²) in [4.78, 5) is 12.7. The number of amides is 2. The normalized spacial score (nSPS) is 11.5. The van der Waals surface area contributed by atoms with Crippen LogP contribution in [-0.4, -0.2) is 22.4 Å². The largest absolute Gasteiger partial charge is 0.435 e. The van der Waals surface area contributed by atoms with Crippen molar-refractivity contribution in [1.82, 2.24) is 20.4 Å². The van der Waals surface area contributed by atoms with Crippen LogP contribution >= 0.6 is 11.3 Å². The van der Waals surface area contributed by atoms with Gasteiger partial charge in [0.2, 0.25) is 0 Å². The molecule has 0 atom stereocenters. The summed E-state index contributed by atoms with van der Waals surface area (Å²) in [5.74, 6) is 0. The minimum absolute atomic E-state index is 0.0663. The zero-order valence-electron chi connectivity index (χ0n) is 11.8. The van der Waals surface area contributed by atoms with Crippen molar-refractivity contribution >= 4 is 17.4 Å². The highest BCUT2D eigenvalue weighted by Gasteiger charge is 2.36. The Bertz CT molecular complexity index is 622. The smallest absolute Gasteiger partial charge is 0.338 e. The lowest BCUT2D eigenvalue weighted by atomic mass is 10.2. The summed E-state index contributed by atoms with van der Waals surface area (Å²) < 4.78 is 39.3. The molecule has 0 aromatic carbocycles. The maximum Gasteiger partial charge on any atom is 0.435 e. The van der Waals surface area contributed by atoms with Crippen molar-refractivity contribution < 1.29 is 18.0 Å². The predicted molar refractivity (Wildman–Crippen MR) is 76.5 cm³/mol. The molecule has 0 aliphatic rings. The molecule has 9 heteroatoms. The SMILES string of the molecule is Cn1cc(CNC(=O)NCCc2cccs2)c(C(F)(F)F)n1. The van der Waals surface area contributed by atoms with E-state index in [4.69, 9.17) is 0 Å². The van der Waals surface area contributed by atoms with Gasteiger partial charge in [-0.05, 0) is 17.9 Å². The molecule has 2 amide bonds. The molecule has 0 bridgehead atoms. The first-order chi connectivity index (χ1) is 10.4. The first-order valence-corrected chi connectivity index (χ1v) is 7.38. The van der Waals surface area contributed by atoms with Crippen LogP contribution in [0.3, 0.4) is 0 Å². The van der Waals surface area contributed by atoms with Gasteiger partial charge in [-0.3, -0.25) is 4.68 Å². The summed E-state index contributed by atoms with van der Waals surface area (Å²) >= 11 is 1.58. The maximum atomic E-state index is 12.7. The van der Waals surface area contributed by atoms with Gasteiger partial charge in [-0.25, -0.2) is 4.79 Å². The monoisotopic (exact) mass is 332 g/mol. The predicted octanol–water partition coefficient (Wildman–Crippen LogP) is 2.54. The molecule has 2 rings (SSSR count). The molecule has 2 N–H and O–H groups in total. The Labute approximate surface area is 129 Å². The van der Waals surface area contributed by atoms with Gasteiger partial charge >= 0.3 is 12.2 Å². The summed E-state index contributed by atoms with van der Waals surface area (Å²) in [6.07, 6.45) is -2.60. The molecule has 0 radical (unpaired) electrons. The lowest BCUT2D eigenvalue weighted by Gasteiger charge is -2.08. The number of hydrogen-bond acceptors (Lipinski definition) is 3. The number of thiophene rings is 1. The van der Waals surface area contributed by atoms with Crippen LogP contribution in [-0.2, 0) is 26.2 Å². The topological polar surface area (TPSA) is 59.0 Å². The Morgan fingerprint density at radius 2 is 2.18 bits per heavy atom. The molecule has 22 heavy (non-hydrogen) atoms. The van der Waals surface area contributed by atoms with E-state index < -0.39 is 17.9 Å². The fourth-order valence-electron chi connectivity index (χ4n) is 1.90. The van der Waals surface area contributed by atoms with Crippen molar-refractivity contribution in [2.24, 2.45) is 7.05 Å². The summed E-state index contributed by atoms with van der Waals surface area (Å²) in [5, 5.41) is 10.3. The van der Waals surface area contributed by atoms with E-state index in [0.717, 1.165) is 9.56 Å². The van der Waals surface area contributed by atoms with Gasteiger partial charge in [-0.15, -0.1) is 11.3 Å². The van der Waals surface area contributed by atoms with Crippen molar-refractivity contribution in [2.75, 3.05) is 6.54 Å². The minimum atomic E-state index is -4.53. The number of carbonyl (C=O) groups excluding carboxylic acids is 1. The van der Waals surface area contributed by atoms with Gasteiger partial charge in [-0.1, -0.05) is 6.07 Å². The molecule has 5 nitrogen and oxygen atoms in total. The van der Waals surface area contributed by atoms with E-state index in [0.29, 0.717) is 13.0 Å². The van der Waals surface area contributed by atoms with Crippen LogP contribution in [0.4, 0.5) is 18.0 Å². The van der Waals surface area contributed by atoms with E-state index in [1.807, 2.05) is 17.5 Å². The molecular weight excluding hydrogens is 317 g/mol. The molecule has 0 saturated heterocycles. The number of nitrogens with one attached hydrogen (secondary N) is 2. The average molecular weight is 332 g/mol. The molecule has 2 aromatic heterocycles. The summed E-state index contributed by atoms with van der Waals surface area (Å²) in [6, 6.07) is 3.37. The Morgan fingerprint density at radius 3 is 2.82 bits per heavy atom. The molecule has 0 aliphatic heterocycles. The minimum Gasteiger partial charge on any atom is -0.338 e. The Morgan fingerprint density at radius 1 is 1.41 bits per heavy atom. The van der Waals surface area contributed by atoms with Gasteiger partial charge in [0.15, 0.2) is 5.69 Å². The van der Waals surface area contributed by atoms with Crippen LogP contribution in [0.1, 0.15) is 16.1 Å². The third kappa shape index (κ3) is 4.48. The highest BCUT2D eigenvalue weighted by Crippen LogP contribution is 2.30. The van der Waals surface area contributed by atoms with Gasteiger partial charge in [0.25, 0.3) is 0 Å². The van der Waals surface area contributed by atoms with E-state index in [2.05, 4.69) is 15.7 Å². The van der Waals surface area contributed by atoms with Crippen LogP contribution in [0, 0.1) is 0 Å². The number of rotatable bonds is 5. The van der Waals surface area contributed by atoms with E-state index in [9.17, 15) is 18.0 Å². The third-order valence-corrected chi connectivity index (χ3v) is 3.79. The number of aryl methyl sites for hydroxylation is 1. The number of hydrogen-bond donors (Lipinski definition) is 2. The quantitative estimate of drug-likeness (QED) is 0.884. The van der Waals surface area contributed by atoms with Crippen LogP contribution in [0.25, 0.3) is 0 Å². The standard InChI is InChI=1S/C13H15F3N4OS/c1-20-8-9(11(19-20)13(14,15)16)7-18-12(21)17-5-4-10-3-2-6-22-10/h2-3,6,8H,4-5,7H2,1H3,(H2,17,18,21). The average Bonchev–Trinajstić information content (AvgIpc) is 3.05. The molecule has 0 spiro atoms. The van der Waals surface area contributed by atoms with Crippen molar-refractivity contribution in [2.45, 2.75) is 19.1 Å². The Kier molecular flexibility index (Phi) is 5.07. The highest BCUT2D eigenvalue weighted by atomic mass is 32.1. The molecule has 2 heterocycles. The van der Waals surface area contributed by atoms with Crippen molar-refractivity contribution in [3.05, 3.63) is 39.8 Å². The number of halogens is 3. The van der Waals surface area contributed by atoms with Gasteiger partial charge in [0.1, 0.15) is 0 Å². The van der Waals surface area contributed by atoms with E-state index >= 15 is 0 Å². The highest BCUT2D eigenvalue weighted by molar-refractivity contribution is 7.09. The van der Waals surface area contributed by atoms with E-state index in [1.54, 1.807) is 11.3 Å². The van der Waals surface area contributed by atoms with Crippen molar-refractivity contribution in [3.63, 3.8) is 0 Å². The maximum absolute atomic E-state index is 12.7. The lowest BCUT2D eigenvalue weighted by Crippen LogP contribution is -2.36. The number of alkyl halides is 3. The number of carbonyl (C=O) groups is 1. The number of nitrogens with zero attached hydrogens (tertiary/aromatic N) is 2. The van der Waals surface area contributed by atoms with Gasteiger partial charge in [-0.2, -0.15) is 18.3 Å². The first kappa shape index (κ1) is 16.3. The van der Waals surface area contributed by atoms with Gasteiger partial charge in [0, 0.05) is 36.8 Å². The van der Waals surface area contributed by atoms with E-state index in [-0.39, 0.29) is 12.1 Å². The van der Waals surface area contributed by atoms with Crippen LogP contribution in [0.2, 0.25) is 0 Å². The second-order valence-corrected chi connectivity index (χ2v) is 5.65. The molecular formula is C13H15F3N4OS. The van der Waals surface area contributed by atoms with Crippen LogP contribution in [0.5, 0.6) is 0 Å². The molecule has 0 unspecified atom stereocenters. The second kappa shape index (κ2) is 6.82. The van der Waals surface area contributed by atoms with Crippen molar-refractivity contribution in [3.8, 4) is 0 Å². The summed E-state index contributed by atoms with van der Waals surface area (Å²) in [5.41, 5.74) is -1.04. The second-order valence-electron chi connectivity index (χ2n) is 4.61. The first-order valence-electron chi connectivity index (χ1n) is 6.50. The molecule has 120 valence electrons. The van der Waals surface area contributed by atoms with Crippen LogP contribution < -0.4 is 10.6 Å². The Balaban J connectivity index is 1.81. The number of urea groups is 1. The summed E-state index contributed by atoms with van der Waals surface area (Å²) in [6.45, 7) is 0.193. The zero-order valence-corrected chi connectivity index (χ0v) is 12.6. The van der Waals surface area contributed by atoms with Crippen molar-refractivity contribution in [1.29, 1.82) is 0 Å².